The van der Waals surface area contributed by atoms with Crippen LogP contribution in [0.25, 0.3) is 0 Å². The first kappa shape index (κ1) is 10.2. The Kier molecular flexibility index (Phi) is 2.45. The second-order valence-electron chi connectivity index (χ2n) is 4.28. The fraction of sp³-hybridized carbons (Fsp3) is 0.500. The molecule has 1 aromatic carbocycles. The van der Waals surface area contributed by atoms with Gasteiger partial charge in [0, 0.05) is 22.7 Å². The van der Waals surface area contributed by atoms with Crippen LogP contribution in [0.3, 0.4) is 0 Å². The monoisotopic (exact) mass is 239 g/mol. The van der Waals surface area contributed by atoms with Crippen LogP contribution in [-0.2, 0) is 0 Å². The molecule has 2 aliphatic heterocycles. The molecule has 0 aliphatic carbocycles. The third-order valence-electron chi connectivity index (χ3n) is 3.31. The Morgan fingerprint density at radius 1 is 1.44 bits per heavy atom. The highest BCUT2D eigenvalue weighted by molar-refractivity contribution is 6.31. The molecule has 3 rings (SSSR count). The van der Waals surface area contributed by atoms with Crippen molar-refractivity contribution in [2.45, 2.75) is 25.8 Å². The standard InChI is InChI=1S/C12H14ClNO2/c1-7-11(9-3-2-4-14-9)8(13)5-10-12(7)16-6-15-10/h5,9,14H,2-4,6H2,1H3. The van der Waals surface area contributed by atoms with Crippen LogP contribution in [0.15, 0.2) is 6.07 Å². The van der Waals surface area contributed by atoms with Gasteiger partial charge in [-0.3, -0.25) is 0 Å². The summed E-state index contributed by atoms with van der Waals surface area (Å²) < 4.78 is 10.8. The van der Waals surface area contributed by atoms with Crippen molar-refractivity contribution in [2.75, 3.05) is 13.3 Å². The Labute approximate surface area is 99.7 Å². The molecule has 2 heterocycles. The molecule has 4 heteroatoms. The second-order valence-corrected chi connectivity index (χ2v) is 4.69. The van der Waals surface area contributed by atoms with Crippen LogP contribution in [-0.4, -0.2) is 13.3 Å². The average molecular weight is 240 g/mol. The fourth-order valence-corrected chi connectivity index (χ4v) is 2.91. The van der Waals surface area contributed by atoms with E-state index in [-0.39, 0.29) is 0 Å². The van der Waals surface area contributed by atoms with Gasteiger partial charge in [-0.15, -0.1) is 0 Å². The average Bonchev–Trinajstić information content (AvgIpc) is 2.87. The van der Waals surface area contributed by atoms with Crippen LogP contribution >= 0.6 is 11.6 Å². The van der Waals surface area contributed by atoms with Crippen molar-refractivity contribution in [2.24, 2.45) is 0 Å². The Morgan fingerprint density at radius 3 is 3.06 bits per heavy atom. The maximum absolute atomic E-state index is 6.32. The molecule has 16 heavy (non-hydrogen) atoms. The summed E-state index contributed by atoms with van der Waals surface area (Å²) in [6.07, 6.45) is 2.34. The van der Waals surface area contributed by atoms with Gasteiger partial charge in [0.05, 0.1) is 0 Å². The van der Waals surface area contributed by atoms with E-state index in [1.54, 1.807) is 0 Å². The lowest BCUT2D eigenvalue weighted by molar-refractivity contribution is 0.173. The summed E-state index contributed by atoms with van der Waals surface area (Å²) in [5.74, 6) is 1.62. The Bertz CT molecular complexity index is 428. The molecule has 0 amide bonds. The largest absolute Gasteiger partial charge is 0.454 e. The van der Waals surface area contributed by atoms with Crippen molar-refractivity contribution in [3.05, 3.63) is 22.2 Å². The predicted octanol–water partition coefficient (Wildman–Crippen LogP) is 2.80. The minimum atomic E-state index is 0.300. The third kappa shape index (κ3) is 1.46. The van der Waals surface area contributed by atoms with E-state index in [0.29, 0.717) is 12.8 Å². The van der Waals surface area contributed by atoms with Gasteiger partial charge in [-0.2, -0.15) is 0 Å². The molecule has 1 fully saturated rings. The summed E-state index contributed by atoms with van der Waals surface area (Å²) in [6, 6.07) is 2.23. The first-order chi connectivity index (χ1) is 7.77. The maximum Gasteiger partial charge on any atom is 0.231 e. The van der Waals surface area contributed by atoms with E-state index in [0.717, 1.165) is 35.1 Å². The van der Waals surface area contributed by atoms with Gasteiger partial charge in [0.25, 0.3) is 0 Å². The third-order valence-corrected chi connectivity index (χ3v) is 3.62. The molecule has 1 unspecified atom stereocenters. The van der Waals surface area contributed by atoms with Crippen LogP contribution in [0.4, 0.5) is 0 Å². The van der Waals surface area contributed by atoms with Gasteiger partial charge in [-0.25, -0.2) is 0 Å². The highest BCUT2D eigenvalue weighted by Crippen LogP contribution is 2.44. The van der Waals surface area contributed by atoms with Gasteiger partial charge >= 0.3 is 0 Å². The second kappa shape index (κ2) is 3.82. The van der Waals surface area contributed by atoms with E-state index in [1.165, 1.54) is 12.0 Å². The molecular weight excluding hydrogens is 226 g/mol. The number of halogens is 1. The van der Waals surface area contributed by atoms with Gasteiger partial charge in [-0.1, -0.05) is 11.6 Å². The molecule has 0 radical (unpaired) electrons. The zero-order valence-corrected chi connectivity index (χ0v) is 9.93. The topological polar surface area (TPSA) is 30.5 Å². The molecule has 3 nitrogen and oxygen atoms in total. The zero-order valence-electron chi connectivity index (χ0n) is 9.18. The van der Waals surface area contributed by atoms with Gasteiger partial charge in [0.2, 0.25) is 6.79 Å². The molecule has 1 atom stereocenters. The molecule has 0 spiro atoms. The first-order valence-corrected chi connectivity index (χ1v) is 5.97. The Morgan fingerprint density at radius 2 is 2.31 bits per heavy atom. The van der Waals surface area contributed by atoms with Gasteiger partial charge in [0.15, 0.2) is 11.5 Å². The maximum atomic E-state index is 6.32. The molecule has 1 saturated heterocycles. The van der Waals surface area contributed by atoms with Crippen molar-refractivity contribution in [1.29, 1.82) is 0 Å². The fourth-order valence-electron chi connectivity index (χ4n) is 2.54. The summed E-state index contributed by atoms with van der Waals surface area (Å²) in [4.78, 5) is 0. The Hall–Kier alpha value is -0.930. The van der Waals surface area contributed by atoms with E-state index >= 15 is 0 Å². The van der Waals surface area contributed by atoms with E-state index < -0.39 is 0 Å². The lowest BCUT2D eigenvalue weighted by Crippen LogP contribution is -2.14. The van der Waals surface area contributed by atoms with E-state index in [9.17, 15) is 0 Å². The van der Waals surface area contributed by atoms with Crippen molar-refractivity contribution in [1.82, 2.24) is 5.32 Å². The quantitative estimate of drug-likeness (QED) is 0.818. The van der Waals surface area contributed by atoms with E-state index in [1.807, 2.05) is 6.07 Å². The van der Waals surface area contributed by atoms with Crippen molar-refractivity contribution in [3.8, 4) is 11.5 Å². The van der Waals surface area contributed by atoms with Crippen molar-refractivity contribution < 1.29 is 9.47 Å². The lowest BCUT2D eigenvalue weighted by Gasteiger charge is -2.17. The number of rotatable bonds is 1. The number of hydrogen-bond donors (Lipinski definition) is 1. The number of fused-ring (bicyclic) bond motifs is 1. The van der Waals surface area contributed by atoms with Gasteiger partial charge < -0.3 is 14.8 Å². The highest BCUT2D eigenvalue weighted by atomic mass is 35.5. The van der Waals surface area contributed by atoms with Crippen molar-refractivity contribution >= 4 is 11.6 Å². The number of nitrogens with one attached hydrogen (secondary N) is 1. The van der Waals surface area contributed by atoms with E-state index in [2.05, 4.69) is 12.2 Å². The number of benzene rings is 1. The van der Waals surface area contributed by atoms with Crippen LogP contribution < -0.4 is 14.8 Å². The number of hydrogen-bond acceptors (Lipinski definition) is 3. The van der Waals surface area contributed by atoms with Gasteiger partial charge in [-0.05, 0) is 31.9 Å². The highest BCUT2D eigenvalue weighted by Gasteiger charge is 2.27. The van der Waals surface area contributed by atoms with Crippen LogP contribution in [0.1, 0.15) is 30.0 Å². The molecule has 0 bridgehead atoms. The molecule has 2 aliphatic rings. The molecule has 1 aromatic rings. The summed E-state index contributed by atoms with van der Waals surface area (Å²) in [6.45, 7) is 3.41. The predicted molar refractivity (Wildman–Crippen MR) is 62.3 cm³/mol. The Balaban J connectivity index is 2.10. The van der Waals surface area contributed by atoms with Crippen molar-refractivity contribution in [3.63, 3.8) is 0 Å². The minimum Gasteiger partial charge on any atom is -0.454 e. The summed E-state index contributed by atoms with van der Waals surface area (Å²) in [7, 11) is 0. The van der Waals surface area contributed by atoms with Gasteiger partial charge in [0.1, 0.15) is 0 Å². The van der Waals surface area contributed by atoms with Crippen LogP contribution in [0.5, 0.6) is 11.5 Å². The lowest BCUT2D eigenvalue weighted by atomic mass is 9.98. The van der Waals surface area contributed by atoms with Crippen LogP contribution in [0.2, 0.25) is 5.02 Å². The SMILES string of the molecule is Cc1c2c(cc(Cl)c1C1CCCN1)OCO2. The summed E-state index contributed by atoms with van der Waals surface area (Å²) >= 11 is 6.32. The normalized spacial score (nSPS) is 22.8. The summed E-state index contributed by atoms with van der Waals surface area (Å²) in [5.41, 5.74) is 2.28. The molecule has 0 aromatic heterocycles. The van der Waals surface area contributed by atoms with Crippen LogP contribution in [0, 0.1) is 6.92 Å². The summed E-state index contributed by atoms with van der Waals surface area (Å²) in [5, 5.41) is 4.24. The first-order valence-electron chi connectivity index (χ1n) is 5.59. The van der Waals surface area contributed by atoms with E-state index in [4.69, 9.17) is 21.1 Å². The molecule has 86 valence electrons. The molecular formula is C12H14ClNO2. The molecule has 1 N–H and O–H groups in total. The smallest absolute Gasteiger partial charge is 0.231 e. The minimum absolute atomic E-state index is 0.300. The zero-order chi connectivity index (χ0) is 11.1. The molecule has 0 saturated carbocycles. The number of ether oxygens (including phenoxy) is 2.